The van der Waals surface area contributed by atoms with Gasteiger partial charge in [-0.05, 0) is 6.92 Å². The van der Waals surface area contributed by atoms with Crippen molar-refractivity contribution in [3.05, 3.63) is 0 Å². The first-order valence-electron chi connectivity index (χ1n) is 4.58. The molecule has 0 radical (unpaired) electrons. The zero-order valence-corrected chi connectivity index (χ0v) is 8.49. The summed E-state index contributed by atoms with van der Waals surface area (Å²) in [6.45, 7) is 2.81. The molecule has 0 aromatic heterocycles. The fourth-order valence-electron chi connectivity index (χ4n) is 1.45. The lowest BCUT2D eigenvalue weighted by molar-refractivity contribution is -0.166. The third kappa shape index (κ3) is 3.25. The summed E-state index contributed by atoms with van der Waals surface area (Å²) in [5.41, 5.74) is 0. The average molecular weight is 204 g/mol. The van der Waals surface area contributed by atoms with Crippen molar-refractivity contribution >= 4 is 5.97 Å². The summed E-state index contributed by atoms with van der Waals surface area (Å²) in [7, 11) is 1.29. The Balaban J connectivity index is 2.32. The molecule has 0 unspecified atom stereocenters. The van der Waals surface area contributed by atoms with Gasteiger partial charge in [-0.3, -0.25) is 4.79 Å². The van der Waals surface area contributed by atoms with Gasteiger partial charge in [0.25, 0.3) is 0 Å². The molecule has 0 spiro atoms. The van der Waals surface area contributed by atoms with Crippen LogP contribution in [0.3, 0.4) is 0 Å². The second-order valence-electron chi connectivity index (χ2n) is 3.47. The molecule has 5 heteroatoms. The molecule has 1 atom stereocenters. The first kappa shape index (κ1) is 11.4. The highest BCUT2D eigenvalue weighted by Gasteiger charge is 2.33. The summed E-state index contributed by atoms with van der Waals surface area (Å²) in [5.74, 6) is -1.19. The van der Waals surface area contributed by atoms with Crippen LogP contribution in [-0.4, -0.2) is 43.3 Å². The molecule has 0 saturated carbocycles. The molecule has 1 saturated heterocycles. The summed E-state index contributed by atoms with van der Waals surface area (Å²) in [4.78, 5) is 10.8. The molecule has 1 heterocycles. The molecule has 1 N–H and O–H groups in total. The number of ether oxygens (including phenoxy) is 3. The van der Waals surface area contributed by atoms with Gasteiger partial charge in [0.1, 0.15) is 0 Å². The van der Waals surface area contributed by atoms with E-state index in [0.29, 0.717) is 13.2 Å². The van der Waals surface area contributed by atoms with Gasteiger partial charge in [0.05, 0.1) is 32.8 Å². The molecule has 14 heavy (non-hydrogen) atoms. The molecule has 1 aliphatic heterocycles. The maximum atomic E-state index is 10.8. The number of methoxy groups -OCH3 is 1. The number of hydrogen-bond donors (Lipinski definition) is 1. The van der Waals surface area contributed by atoms with Crippen molar-refractivity contribution in [2.75, 3.05) is 20.3 Å². The first-order valence-corrected chi connectivity index (χ1v) is 4.58. The van der Waals surface area contributed by atoms with E-state index < -0.39 is 17.9 Å². The highest BCUT2D eigenvalue weighted by atomic mass is 16.7. The van der Waals surface area contributed by atoms with E-state index in [0.717, 1.165) is 0 Å². The van der Waals surface area contributed by atoms with Gasteiger partial charge in [0.15, 0.2) is 5.79 Å². The molecular formula is C9H16O5. The van der Waals surface area contributed by atoms with Crippen LogP contribution in [-0.2, 0) is 19.0 Å². The van der Waals surface area contributed by atoms with Crippen LogP contribution in [0.4, 0.5) is 0 Å². The number of aliphatic hydroxyl groups is 1. The molecule has 0 aliphatic carbocycles. The van der Waals surface area contributed by atoms with Gasteiger partial charge in [-0.2, -0.15) is 0 Å². The Kier molecular flexibility index (Phi) is 3.86. The van der Waals surface area contributed by atoms with Crippen LogP contribution in [0.1, 0.15) is 19.8 Å². The Morgan fingerprint density at radius 3 is 2.64 bits per heavy atom. The molecule has 0 aromatic carbocycles. The highest BCUT2D eigenvalue weighted by Crippen LogP contribution is 2.24. The van der Waals surface area contributed by atoms with Crippen molar-refractivity contribution < 1.29 is 24.1 Å². The number of rotatable bonds is 4. The number of aliphatic hydroxyl groups excluding tert-OH is 1. The van der Waals surface area contributed by atoms with Crippen molar-refractivity contribution in [3.8, 4) is 0 Å². The van der Waals surface area contributed by atoms with E-state index >= 15 is 0 Å². The van der Waals surface area contributed by atoms with E-state index in [4.69, 9.17) is 9.47 Å². The van der Waals surface area contributed by atoms with Crippen LogP contribution in [0.2, 0.25) is 0 Å². The zero-order valence-electron chi connectivity index (χ0n) is 8.49. The molecule has 1 rings (SSSR count). The largest absolute Gasteiger partial charge is 0.469 e. The summed E-state index contributed by atoms with van der Waals surface area (Å²) >= 11 is 0. The predicted octanol–water partition coefficient (Wildman–Crippen LogP) is 0.0635. The van der Waals surface area contributed by atoms with Gasteiger partial charge in [-0.15, -0.1) is 0 Å². The van der Waals surface area contributed by atoms with Gasteiger partial charge in [-0.25, -0.2) is 0 Å². The minimum atomic E-state index is -0.787. The van der Waals surface area contributed by atoms with E-state index in [2.05, 4.69) is 4.74 Å². The van der Waals surface area contributed by atoms with Gasteiger partial charge in [0.2, 0.25) is 0 Å². The fourth-order valence-corrected chi connectivity index (χ4v) is 1.45. The highest BCUT2D eigenvalue weighted by molar-refractivity contribution is 5.69. The van der Waals surface area contributed by atoms with Crippen molar-refractivity contribution in [1.82, 2.24) is 0 Å². The van der Waals surface area contributed by atoms with Crippen LogP contribution < -0.4 is 0 Å². The molecular weight excluding hydrogens is 188 g/mol. The van der Waals surface area contributed by atoms with E-state index in [9.17, 15) is 9.90 Å². The minimum absolute atomic E-state index is 0.0290. The molecule has 82 valence electrons. The van der Waals surface area contributed by atoms with Crippen molar-refractivity contribution in [2.24, 2.45) is 0 Å². The SMILES string of the molecule is COC(=O)C[C@H](O)CC1(C)OCCO1. The lowest BCUT2D eigenvalue weighted by atomic mass is 10.1. The van der Waals surface area contributed by atoms with E-state index in [1.54, 1.807) is 6.92 Å². The maximum absolute atomic E-state index is 10.8. The Labute approximate surface area is 82.9 Å². The normalized spacial score (nSPS) is 21.9. The van der Waals surface area contributed by atoms with Crippen LogP contribution in [0.15, 0.2) is 0 Å². The summed E-state index contributed by atoms with van der Waals surface area (Å²) in [5, 5.41) is 9.52. The second-order valence-corrected chi connectivity index (χ2v) is 3.47. The first-order chi connectivity index (χ1) is 6.56. The average Bonchev–Trinajstić information content (AvgIpc) is 2.51. The monoisotopic (exact) mass is 204 g/mol. The third-order valence-electron chi connectivity index (χ3n) is 2.13. The van der Waals surface area contributed by atoms with Crippen molar-refractivity contribution in [2.45, 2.75) is 31.7 Å². The summed E-state index contributed by atoms with van der Waals surface area (Å²) in [6, 6.07) is 0. The topological polar surface area (TPSA) is 65.0 Å². The standard InChI is InChI=1S/C9H16O5/c1-9(13-3-4-14-9)6-7(10)5-8(11)12-2/h7,10H,3-6H2,1-2H3/t7-/m0/s1. The van der Waals surface area contributed by atoms with Gasteiger partial charge >= 0.3 is 5.97 Å². The number of carbonyl (C=O) groups is 1. The van der Waals surface area contributed by atoms with E-state index in [1.807, 2.05) is 0 Å². The predicted molar refractivity (Wildman–Crippen MR) is 47.6 cm³/mol. The second kappa shape index (κ2) is 4.72. The van der Waals surface area contributed by atoms with Gasteiger partial charge < -0.3 is 19.3 Å². The molecule has 0 aromatic rings. The van der Waals surface area contributed by atoms with Crippen molar-refractivity contribution in [3.63, 3.8) is 0 Å². The molecule has 1 aliphatic rings. The Morgan fingerprint density at radius 2 is 2.14 bits per heavy atom. The quantitative estimate of drug-likeness (QED) is 0.656. The number of esters is 1. The molecule has 0 amide bonds. The fraction of sp³-hybridized carbons (Fsp3) is 0.889. The third-order valence-corrected chi connectivity index (χ3v) is 2.13. The molecule has 0 bridgehead atoms. The van der Waals surface area contributed by atoms with Gasteiger partial charge in [-0.1, -0.05) is 0 Å². The smallest absolute Gasteiger partial charge is 0.308 e. The van der Waals surface area contributed by atoms with Gasteiger partial charge in [0, 0.05) is 6.42 Å². The maximum Gasteiger partial charge on any atom is 0.308 e. The Morgan fingerprint density at radius 1 is 1.57 bits per heavy atom. The van der Waals surface area contributed by atoms with Crippen molar-refractivity contribution in [1.29, 1.82) is 0 Å². The summed E-state index contributed by atoms with van der Waals surface area (Å²) < 4.78 is 15.0. The van der Waals surface area contributed by atoms with Crippen LogP contribution in [0.5, 0.6) is 0 Å². The van der Waals surface area contributed by atoms with E-state index in [1.165, 1.54) is 7.11 Å². The lowest BCUT2D eigenvalue weighted by Crippen LogP contribution is -2.32. The summed E-state index contributed by atoms with van der Waals surface area (Å²) in [6.07, 6.45) is -0.536. The Bertz CT molecular complexity index is 197. The zero-order chi connectivity index (χ0) is 10.6. The number of carbonyl (C=O) groups excluding carboxylic acids is 1. The Hall–Kier alpha value is -0.650. The van der Waals surface area contributed by atoms with Crippen LogP contribution >= 0.6 is 0 Å². The van der Waals surface area contributed by atoms with Crippen LogP contribution in [0.25, 0.3) is 0 Å². The van der Waals surface area contributed by atoms with E-state index in [-0.39, 0.29) is 12.8 Å². The number of hydrogen-bond acceptors (Lipinski definition) is 5. The lowest BCUT2D eigenvalue weighted by Gasteiger charge is -2.24. The minimum Gasteiger partial charge on any atom is -0.469 e. The molecule has 1 fully saturated rings. The molecule has 5 nitrogen and oxygen atoms in total. The van der Waals surface area contributed by atoms with Crippen LogP contribution in [0, 0.1) is 0 Å².